The van der Waals surface area contributed by atoms with Crippen LogP contribution in [0.5, 0.6) is 0 Å². The number of anilines is 2. The Labute approximate surface area is 98.9 Å². The number of hydrogen-bond acceptors (Lipinski definition) is 2. The second-order valence-electron chi connectivity index (χ2n) is 3.39. The minimum absolute atomic E-state index is 0.783. The molecule has 0 spiro atoms. The molecule has 3 heteroatoms. The highest BCUT2D eigenvalue weighted by atomic mass is 35.5. The minimum Gasteiger partial charge on any atom is -0.335 e. The molecule has 1 heterocycles. The number of thiophene rings is 1. The molecule has 0 aliphatic heterocycles. The third-order valence-electron chi connectivity index (χ3n) is 2.27. The molecule has 0 radical (unpaired) electrons. The summed E-state index contributed by atoms with van der Waals surface area (Å²) < 4.78 is 0. The lowest BCUT2D eigenvalue weighted by Crippen LogP contribution is -2.07. The Morgan fingerprint density at radius 2 is 1.87 bits per heavy atom. The first-order chi connectivity index (χ1) is 7.18. The van der Waals surface area contributed by atoms with Gasteiger partial charge in [0.05, 0.1) is 15.7 Å². The van der Waals surface area contributed by atoms with E-state index in [9.17, 15) is 0 Å². The standard InChI is InChI=1S/C12H12ClNS/c1-9-7-8-12(15-9)14(2)11-6-4-3-5-10(11)13/h3-8H,1-2H3. The number of rotatable bonds is 2. The molecule has 0 unspecified atom stereocenters. The van der Waals surface area contributed by atoms with Gasteiger partial charge in [0, 0.05) is 11.9 Å². The Kier molecular flexibility index (Phi) is 2.98. The summed E-state index contributed by atoms with van der Waals surface area (Å²) in [7, 11) is 2.03. The first kappa shape index (κ1) is 10.5. The lowest BCUT2D eigenvalue weighted by Gasteiger charge is -2.18. The van der Waals surface area contributed by atoms with Gasteiger partial charge in [-0.1, -0.05) is 23.7 Å². The maximum Gasteiger partial charge on any atom is 0.0953 e. The third kappa shape index (κ3) is 2.16. The molecule has 0 saturated heterocycles. The number of nitrogens with zero attached hydrogens (tertiary/aromatic N) is 1. The van der Waals surface area contributed by atoms with Gasteiger partial charge in [0.2, 0.25) is 0 Å². The van der Waals surface area contributed by atoms with Gasteiger partial charge in [0.15, 0.2) is 0 Å². The Balaban J connectivity index is 2.36. The van der Waals surface area contributed by atoms with Crippen molar-refractivity contribution in [2.24, 2.45) is 0 Å². The molecule has 1 nitrogen and oxygen atoms in total. The van der Waals surface area contributed by atoms with Crippen LogP contribution in [0.3, 0.4) is 0 Å². The average molecular weight is 238 g/mol. The van der Waals surface area contributed by atoms with Gasteiger partial charge < -0.3 is 4.90 Å². The molecule has 78 valence electrons. The predicted octanol–water partition coefficient (Wildman–Crippen LogP) is 4.48. The largest absolute Gasteiger partial charge is 0.335 e. The van der Waals surface area contributed by atoms with E-state index in [4.69, 9.17) is 11.6 Å². The van der Waals surface area contributed by atoms with Gasteiger partial charge in [-0.15, -0.1) is 11.3 Å². The van der Waals surface area contributed by atoms with Crippen LogP contribution in [0.15, 0.2) is 36.4 Å². The molecule has 1 aromatic heterocycles. The summed E-state index contributed by atoms with van der Waals surface area (Å²) in [4.78, 5) is 3.42. The fourth-order valence-electron chi connectivity index (χ4n) is 1.44. The molecule has 0 fully saturated rings. The SMILES string of the molecule is Cc1ccc(N(C)c2ccccc2Cl)s1. The maximum absolute atomic E-state index is 6.14. The van der Waals surface area contributed by atoms with Crippen LogP contribution in [-0.4, -0.2) is 7.05 Å². The van der Waals surface area contributed by atoms with E-state index in [0.717, 1.165) is 10.7 Å². The van der Waals surface area contributed by atoms with Crippen LogP contribution in [0.4, 0.5) is 10.7 Å². The van der Waals surface area contributed by atoms with Gasteiger partial charge in [-0.25, -0.2) is 0 Å². The number of para-hydroxylation sites is 1. The summed E-state index contributed by atoms with van der Waals surface area (Å²) in [6, 6.07) is 12.1. The van der Waals surface area contributed by atoms with E-state index in [2.05, 4.69) is 24.0 Å². The van der Waals surface area contributed by atoms with Gasteiger partial charge in [0.1, 0.15) is 0 Å². The van der Waals surface area contributed by atoms with Gasteiger partial charge in [0.25, 0.3) is 0 Å². The van der Waals surface area contributed by atoms with Crippen LogP contribution in [0.1, 0.15) is 4.88 Å². The van der Waals surface area contributed by atoms with Crippen molar-refractivity contribution in [3.05, 3.63) is 46.3 Å². The van der Waals surface area contributed by atoms with Gasteiger partial charge in [-0.3, -0.25) is 0 Å². The Morgan fingerprint density at radius 3 is 2.47 bits per heavy atom. The molecule has 0 saturated carbocycles. The number of halogens is 1. The second kappa shape index (κ2) is 4.25. The van der Waals surface area contributed by atoms with Crippen LogP contribution in [0, 0.1) is 6.92 Å². The van der Waals surface area contributed by atoms with Crippen LogP contribution in [0.2, 0.25) is 5.02 Å². The van der Waals surface area contributed by atoms with E-state index in [1.165, 1.54) is 9.88 Å². The van der Waals surface area contributed by atoms with Crippen molar-refractivity contribution in [3.63, 3.8) is 0 Å². The van der Waals surface area contributed by atoms with Gasteiger partial charge in [-0.2, -0.15) is 0 Å². The first-order valence-electron chi connectivity index (χ1n) is 4.73. The highest BCUT2D eigenvalue weighted by molar-refractivity contribution is 7.16. The van der Waals surface area contributed by atoms with Crippen LogP contribution in [-0.2, 0) is 0 Å². The smallest absolute Gasteiger partial charge is 0.0953 e. The van der Waals surface area contributed by atoms with E-state index in [1.807, 2.05) is 31.3 Å². The lowest BCUT2D eigenvalue weighted by atomic mass is 10.3. The molecule has 2 aromatic rings. The highest BCUT2D eigenvalue weighted by Gasteiger charge is 2.08. The van der Waals surface area contributed by atoms with E-state index in [1.54, 1.807) is 11.3 Å². The zero-order valence-electron chi connectivity index (χ0n) is 8.70. The summed E-state index contributed by atoms with van der Waals surface area (Å²) in [5.74, 6) is 0. The Bertz CT molecular complexity index is 464. The summed E-state index contributed by atoms with van der Waals surface area (Å²) in [6.45, 7) is 2.11. The van der Waals surface area contributed by atoms with Crippen molar-refractivity contribution >= 4 is 33.6 Å². The zero-order chi connectivity index (χ0) is 10.8. The van der Waals surface area contributed by atoms with Gasteiger partial charge in [-0.05, 0) is 31.2 Å². The number of benzene rings is 1. The van der Waals surface area contributed by atoms with Crippen LogP contribution < -0.4 is 4.90 Å². The normalized spacial score (nSPS) is 10.3. The number of hydrogen-bond donors (Lipinski definition) is 0. The molecule has 0 atom stereocenters. The summed E-state index contributed by atoms with van der Waals surface area (Å²) in [5, 5.41) is 1.99. The molecule has 2 rings (SSSR count). The lowest BCUT2D eigenvalue weighted by molar-refractivity contribution is 1.24. The first-order valence-corrected chi connectivity index (χ1v) is 5.92. The van der Waals surface area contributed by atoms with Crippen molar-refractivity contribution in [3.8, 4) is 0 Å². The molecular weight excluding hydrogens is 226 g/mol. The third-order valence-corrected chi connectivity index (χ3v) is 3.67. The summed E-state index contributed by atoms with van der Waals surface area (Å²) >= 11 is 7.91. The molecular formula is C12H12ClNS. The highest BCUT2D eigenvalue weighted by Crippen LogP contribution is 2.34. The fourth-order valence-corrected chi connectivity index (χ4v) is 2.54. The summed E-state index contributed by atoms with van der Waals surface area (Å²) in [6.07, 6.45) is 0. The van der Waals surface area contributed by atoms with E-state index >= 15 is 0 Å². The quantitative estimate of drug-likeness (QED) is 0.745. The summed E-state index contributed by atoms with van der Waals surface area (Å²) in [5.41, 5.74) is 1.04. The van der Waals surface area contributed by atoms with E-state index in [0.29, 0.717) is 0 Å². The fraction of sp³-hybridized carbons (Fsp3) is 0.167. The topological polar surface area (TPSA) is 3.24 Å². The zero-order valence-corrected chi connectivity index (χ0v) is 10.3. The molecule has 0 aliphatic carbocycles. The Morgan fingerprint density at radius 1 is 1.13 bits per heavy atom. The minimum atomic E-state index is 0.783. The number of aryl methyl sites for hydroxylation is 1. The Hall–Kier alpha value is -0.990. The van der Waals surface area contributed by atoms with Crippen molar-refractivity contribution < 1.29 is 0 Å². The second-order valence-corrected chi connectivity index (χ2v) is 5.07. The van der Waals surface area contributed by atoms with Crippen molar-refractivity contribution in [1.82, 2.24) is 0 Å². The molecule has 15 heavy (non-hydrogen) atoms. The average Bonchev–Trinajstić information content (AvgIpc) is 2.65. The van der Waals surface area contributed by atoms with Crippen LogP contribution >= 0.6 is 22.9 Å². The van der Waals surface area contributed by atoms with E-state index in [-0.39, 0.29) is 0 Å². The predicted molar refractivity (Wildman–Crippen MR) is 68.6 cm³/mol. The van der Waals surface area contributed by atoms with Crippen molar-refractivity contribution in [2.75, 3.05) is 11.9 Å². The molecule has 0 bridgehead atoms. The van der Waals surface area contributed by atoms with Crippen LogP contribution in [0.25, 0.3) is 0 Å². The molecule has 0 amide bonds. The van der Waals surface area contributed by atoms with Gasteiger partial charge >= 0.3 is 0 Å². The van der Waals surface area contributed by atoms with Crippen molar-refractivity contribution in [2.45, 2.75) is 6.92 Å². The van der Waals surface area contributed by atoms with E-state index < -0.39 is 0 Å². The molecule has 0 aliphatic rings. The monoisotopic (exact) mass is 237 g/mol. The van der Waals surface area contributed by atoms with Crippen molar-refractivity contribution in [1.29, 1.82) is 0 Å². The molecule has 1 aromatic carbocycles. The maximum atomic E-state index is 6.14. The molecule has 0 N–H and O–H groups in total.